The summed E-state index contributed by atoms with van der Waals surface area (Å²) in [6.07, 6.45) is 2.81. The van der Waals surface area contributed by atoms with Crippen LogP contribution >= 0.6 is 23.5 Å². The van der Waals surface area contributed by atoms with Crippen LogP contribution in [0.15, 0.2) is 29.2 Å². The molecule has 2 N–H and O–H groups in total. The average molecular weight is 299 g/mol. The van der Waals surface area contributed by atoms with Crippen molar-refractivity contribution in [2.75, 3.05) is 24.3 Å². The Kier molecular flexibility index (Phi) is 7.43. The Labute approximate surface area is 121 Å². The monoisotopic (exact) mass is 299 g/mol. The number of hydrogen-bond donors (Lipinski definition) is 2. The molecule has 0 aromatic heterocycles. The maximum Gasteiger partial charge on any atom is 0.313 e. The quantitative estimate of drug-likeness (QED) is 0.718. The molecule has 0 saturated carbocycles. The van der Waals surface area contributed by atoms with Crippen molar-refractivity contribution in [3.8, 4) is 0 Å². The van der Waals surface area contributed by atoms with Gasteiger partial charge in [-0.3, -0.25) is 9.59 Å². The minimum Gasteiger partial charge on any atom is -0.481 e. The van der Waals surface area contributed by atoms with E-state index in [4.69, 9.17) is 5.11 Å². The molecule has 0 aliphatic heterocycles. The lowest BCUT2D eigenvalue weighted by atomic mass is 10.1. The molecule has 1 rings (SSSR count). The number of amides is 1. The zero-order chi connectivity index (χ0) is 14.1. The fraction of sp³-hybridized carbons (Fsp3) is 0.385. The van der Waals surface area contributed by atoms with E-state index in [1.54, 1.807) is 11.8 Å². The molecule has 0 radical (unpaired) electrons. The van der Waals surface area contributed by atoms with E-state index in [0.717, 1.165) is 18.2 Å². The lowest BCUT2D eigenvalue weighted by molar-refractivity contribution is -0.133. The van der Waals surface area contributed by atoms with Crippen molar-refractivity contribution in [2.24, 2.45) is 0 Å². The van der Waals surface area contributed by atoms with Gasteiger partial charge in [0.25, 0.3) is 0 Å². The first-order chi connectivity index (χ1) is 9.11. The number of carboxylic acids is 1. The van der Waals surface area contributed by atoms with Crippen molar-refractivity contribution in [3.05, 3.63) is 29.8 Å². The van der Waals surface area contributed by atoms with Crippen LogP contribution in [0.2, 0.25) is 0 Å². The van der Waals surface area contributed by atoms with E-state index in [1.807, 2.05) is 6.26 Å². The molecule has 0 fully saturated rings. The van der Waals surface area contributed by atoms with Crippen molar-refractivity contribution < 1.29 is 14.7 Å². The molecule has 0 aliphatic rings. The molecule has 6 heteroatoms. The number of aliphatic carboxylic acids is 1. The Morgan fingerprint density at radius 3 is 2.47 bits per heavy atom. The number of hydrogen-bond acceptors (Lipinski definition) is 4. The summed E-state index contributed by atoms with van der Waals surface area (Å²) in [5.41, 5.74) is 1.18. The molecule has 0 heterocycles. The molecule has 0 spiro atoms. The highest BCUT2D eigenvalue weighted by atomic mass is 32.2. The molecular formula is C13H17NO3S2. The molecule has 1 aromatic carbocycles. The molecule has 0 bridgehead atoms. The first kappa shape index (κ1) is 15.9. The van der Waals surface area contributed by atoms with E-state index < -0.39 is 5.97 Å². The minimum atomic E-state index is -0.897. The molecule has 1 amide bonds. The van der Waals surface area contributed by atoms with E-state index in [2.05, 4.69) is 29.6 Å². The van der Waals surface area contributed by atoms with Crippen molar-refractivity contribution in [1.82, 2.24) is 5.32 Å². The zero-order valence-electron chi connectivity index (χ0n) is 10.7. The van der Waals surface area contributed by atoms with E-state index in [0.29, 0.717) is 6.54 Å². The second-order valence-electron chi connectivity index (χ2n) is 3.83. The third-order valence-electron chi connectivity index (χ3n) is 2.35. The van der Waals surface area contributed by atoms with Crippen LogP contribution in [-0.4, -0.2) is 41.3 Å². The predicted octanol–water partition coefficient (Wildman–Crippen LogP) is 1.89. The number of benzene rings is 1. The van der Waals surface area contributed by atoms with Crippen LogP contribution in [0.25, 0.3) is 0 Å². The van der Waals surface area contributed by atoms with Crippen LogP contribution in [0.3, 0.4) is 0 Å². The van der Waals surface area contributed by atoms with Gasteiger partial charge in [0.2, 0.25) is 5.91 Å². The Bertz CT molecular complexity index is 420. The molecule has 19 heavy (non-hydrogen) atoms. The Morgan fingerprint density at radius 2 is 1.89 bits per heavy atom. The van der Waals surface area contributed by atoms with Gasteiger partial charge in [-0.15, -0.1) is 23.5 Å². The molecule has 0 atom stereocenters. The Balaban J connectivity index is 2.18. The van der Waals surface area contributed by atoms with E-state index in [1.165, 1.54) is 10.5 Å². The SMILES string of the molecule is CSc1ccc(CCNC(=O)CSCC(=O)O)cc1. The summed E-state index contributed by atoms with van der Waals surface area (Å²) in [6, 6.07) is 8.23. The molecule has 4 nitrogen and oxygen atoms in total. The number of nitrogens with one attached hydrogen (secondary N) is 1. The lowest BCUT2D eigenvalue weighted by Crippen LogP contribution is -2.27. The van der Waals surface area contributed by atoms with Gasteiger partial charge >= 0.3 is 5.97 Å². The minimum absolute atomic E-state index is 0.0381. The second kappa shape index (κ2) is 8.87. The first-order valence-electron chi connectivity index (χ1n) is 5.81. The average Bonchev–Trinajstić information content (AvgIpc) is 2.39. The topological polar surface area (TPSA) is 66.4 Å². The van der Waals surface area contributed by atoms with Gasteiger partial charge in [-0.05, 0) is 30.4 Å². The molecule has 0 saturated heterocycles. The Hall–Kier alpha value is -1.14. The summed E-state index contributed by atoms with van der Waals surface area (Å²) in [6.45, 7) is 0.574. The molecule has 1 aromatic rings. The van der Waals surface area contributed by atoms with Gasteiger partial charge in [-0.2, -0.15) is 0 Å². The molecule has 104 valence electrons. The highest BCUT2D eigenvalue weighted by molar-refractivity contribution is 8.00. The van der Waals surface area contributed by atoms with Gasteiger partial charge in [0, 0.05) is 11.4 Å². The van der Waals surface area contributed by atoms with E-state index in [-0.39, 0.29) is 17.4 Å². The lowest BCUT2D eigenvalue weighted by Gasteiger charge is -2.05. The molecular weight excluding hydrogens is 282 g/mol. The fourth-order valence-corrected chi connectivity index (χ4v) is 2.39. The van der Waals surface area contributed by atoms with Gasteiger partial charge in [-0.1, -0.05) is 12.1 Å². The fourth-order valence-electron chi connectivity index (χ4n) is 1.42. The normalized spacial score (nSPS) is 10.2. The molecule has 0 unspecified atom stereocenters. The van der Waals surface area contributed by atoms with Crippen LogP contribution in [0.5, 0.6) is 0 Å². The van der Waals surface area contributed by atoms with Gasteiger partial charge < -0.3 is 10.4 Å². The van der Waals surface area contributed by atoms with Crippen LogP contribution < -0.4 is 5.32 Å². The maximum atomic E-state index is 11.4. The number of rotatable bonds is 8. The van der Waals surface area contributed by atoms with Crippen molar-refractivity contribution >= 4 is 35.4 Å². The van der Waals surface area contributed by atoms with Crippen molar-refractivity contribution in [2.45, 2.75) is 11.3 Å². The standard InChI is InChI=1S/C13H17NO3S2/c1-18-11-4-2-10(3-5-11)6-7-14-12(15)8-19-9-13(16)17/h2-5H,6-9H2,1H3,(H,14,15)(H,16,17). The number of carbonyl (C=O) groups is 2. The van der Waals surface area contributed by atoms with Gasteiger partial charge in [-0.25, -0.2) is 0 Å². The van der Waals surface area contributed by atoms with Crippen LogP contribution in [-0.2, 0) is 16.0 Å². The molecule has 0 aliphatic carbocycles. The summed E-state index contributed by atoms with van der Waals surface area (Å²) in [5, 5.41) is 11.2. The third kappa shape index (κ3) is 7.12. The van der Waals surface area contributed by atoms with E-state index >= 15 is 0 Å². The van der Waals surface area contributed by atoms with Gasteiger partial charge in [0.05, 0.1) is 11.5 Å². The Morgan fingerprint density at radius 1 is 1.21 bits per heavy atom. The van der Waals surface area contributed by atoms with E-state index in [9.17, 15) is 9.59 Å². The summed E-state index contributed by atoms with van der Waals surface area (Å²) in [4.78, 5) is 22.9. The van der Waals surface area contributed by atoms with Crippen LogP contribution in [0, 0.1) is 0 Å². The summed E-state index contributed by atoms with van der Waals surface area (Å²) >= 11 is 2.80. The van der Waals surface area contributed by atoms with Gasteiger partial charge in [0.1, 0.15) is 0 Å². The van der Waals surface area contributed by atoms with Crippen molar-refractivity contribution in [3.63, 3.8) is 0 Å². The van der Waals surface area contributed by atoms with Crippen LogP contribution in [0.4, 0.5) is 0 Å². The first-order valence-corrected chi connectivity index (χ1v) is 8.19. The second-order valence-corrected chi connectivity index (χ2v) is 5.70. The highest BCUT2D eigenvalue weighted by Gasteiger charge is 2.03. The largest absolute Gasteiger partial charge is 0.481 e. The number of thioether (sulfide) groups is 2. The highest BCUT2D eigenvalue weighted by Crippen LogP contribution is 2.14. The number of carboxylic acid groups (broad SMARTS) is 1. The van der Waals surface area contributed by atoms with Crippen molar-refractivity contribution in [1.29, 1.82) is 0 Å². The summed E-state index contributed by atoms with van der Waals surface area (Å²) in [7, 11) is 0. The smallest absolute Gasteiger partial charge is 0.313 e. The summed E-state index contributed by atoms with van der Waals surface area (Å²) < 4.78 is 0. The number of carbonyl (C=O) groups excluding carboxylic acids is 1. The zero-order valence-corrected chi connectivity index (χ0v) is 12.4. The third-order valence-corrected chi connectivity index (χ3v) is 4.01. The predicted molar refractivity (Wildman–Crippen MR) is 79.9 cm³/mol. The maximum absolute atomic E-state index is 11.4. The van der Waals surface area contributed by atoms with Gasteiger partial charge in [0.15, 0.2) is 0 Å². The summed E-state index contributed by atoms with van der Waals surface area (Å²) in [5.74, 6) is -0.861. The van der Waals surface area contributed by atoms with Crippen LogP contribution in [0.1, 0.15) is 5.56 Å².